The van der Waals surface area contributed by atoms with Gasteiger partial charge in [0.2, 0.25) is 11.8 Å². The Morgan fingerprint density at radius 2 is 1.88 bits per heavy atom. The number of hydrogen-bond donors (Lipinski definition) is 2. The Kier molecular flexibility index (Phi) is 8.23. The molecule has 3 unspecified atom stereocenters. The maximum atomic E-state index is 13.8. The first-order valence-electron chi connectivity index (χ1n) is 14.1. The van der Waals surface area contributed by atoms with Crippen LogP contribution in [-0.4, -0.2) is 78.6 Å². The molecule has 3 aromatic rings. The fourth-order valence-electron chi connectivity index (χ4n) is 5.90. The summed E-state index contributed by atoms with van der Waals surface area (Å²) in [5.74, 6) is -1.55. The standard InChI is InChI=1S/C31H34N6O6/c1-5-7-8-26(39)34-23-11-20(21-14-32-19(4)33-15-21)10-22-28(18(3)38)35-36(29(22)23)16-27(40)37-24(30(41)42)12-31(13-25(31)37)17-43-9-6-2/h5-6,10-11,14-15,24-25H,1-2,7-9,12-13,16-17H2,3-4H3,(H,34,39)(H,41,42). The molecule has 224 valence electrons. The number of aliphatic carboxylic acids is 1. The molecule has 1 saturated heterocycles. The Morgan fingerprint density at radius 1 is 1.14 bits per heavy atom. The zero-order valence-electron chi connectivity index (χ0n) is 24.2. The third-order valence-electron chi connectivity index (χ3n) is 8.04. The minimum Gasteiger partial charge on any atom is -0.480 e. The Morgan fingerprint density at radius 3 is 2.53 bits per heavy atom. The van der Waals surface area contributed by atoms with E-state index in [2.05, 4.69) is 33.5 Å². The van der Waals surface area contributed by atoms with Gasteiger partial charge in [-0.25, -0.2) is 14.8 Å². The number of aryl methyl sites for hydroxylation is 1. The molecule has 43 heavy (non-hydrogen) atoms. The SMILES string of the molecule is C=CCCC(=O)Nc1cc(-c2cnc(C)nc2)cc2c(C(C)=O)nn(CC(=O)N3C(C(=O)O)CC4(COCC=C)CC34)c12. The van der Waals surface area contributed by atoms with Gasteiger partial charge in [0.1, 0.15) is 24.1 Å². The second-order valence-corrected chi connectivity index (χ2v) is 11.1. The normalized spacial score (nSPS) is 20.5. The summed E-state index contributed by atoms with van der Waals surface area (Å²) < 4.78 is 7.03. The second kappa shape index (κ2) is 11.9. The summed E-state index contributed by atoms with van der Waals surface area (Å²) in [4.78, 5) is 61.6. The van der Waals surface area contributed by atoms with E-state index >= 15 is 0 Å². The number of aromatic nitrogens is 4. The molecule has 2 N–H and O–H groups in total. The van der Waals surface area contributed by atoms with Crippen molar-refractivity contribution >= 4 is 40.2 Å². The van der Waals surface area contributed by atoms with Crippen molar-refractivity contribution in [3.05, 3.63) is 61.4 Å². The molecular formula is C31H34N6O6. The number of benzene rings is 1. The van der Waals surface area contributed by atoms with Crippen LogP contribution in [0.4, 0.5) is 5.69 Å². The molecule has 2 amide bonds. The van der Waals surface area contributed by atoms with E-state index in [-0.39, 0.29) is 36.4 Å². The van der Waals surface area contributed by atoms with Crippen LogP contribution >= 0.6 is 0 Å². The summed E-state index contributed by atoms with van der Waals surface area (Å²) in [7, 11) is 0. The van der Waals surface area contributed by atoms with Crippen LogP contribution in [0.25, 0.3) is 22.0 Å². The third-order valence-corrected chi connectivity index (χ3v) is 8.04. The number of carboxylic acids is 1. The van der Waals surface area contributed by atoms with Gasteiger partial charge in [0.25, 0.3) is 0 Å². The lowest BCUT2D eigenvalue weighted by atomic mass is 10.0. The lowest BCUT2D eigenvalue weighted by molar-refractivity contribution is -0.149. The molecule has 12 heteroatoms. The summed E-state index contributed by atoms with van der Waals surface area (Å²) in [6.45, 7) is 10.8. The zero-order valence-corrected chi connectivity index (χ0v) is 24.2. The quantitative estimate of drug-likeness (QED) is 0.174. The van der Waals surface area contributed by atoms with Gasteiger partial charge in [-0.15, -0.1) is 13.2 Å². The summed E-state index contributed by atoms with van der Waals surface area (Å²) in [6.07, 6.45) is 8.14. The van der Waals surface area contributed by atoms with Gasteiger partial charge in [0, 0.05) is 48.1 Å². The molecule has 0 spiro atoms. The minimum absolute atomic E-state index is 0.120. The van der Waals surface area contributed by atoms with Gasteiger partial charge < -0.3 is 20.1 Å². The fraction of sp³-hybridized carbons (Fsp3) is 0.387. The number of ether oxygens (including phenoxy) is 1. The van der Waals surface area contributed by atoms with E-state index in [0.29, 0.717) is 66.0 Å². The van der Waals surface area contributed by atoms with E-state index in [4.69, 9.17) is 4.74 Å². The molecule has 12 nitrogen and oxygen atoms in total. The molecule has 3 atom stereocenters. The van der Waals surface area contributed by atoms with Gasteiger partial charge in [-0.1, -0.05) is 12.2 Å². The van der Waals surface area contributed by atoms with Crippen LogP contribution < -0.4 is 5.32 Å². The van der Waals surface area contributed by atoms with E-state index in [1.54, 1.807) is 43.6 Å². The predicted molar refractivity (Wildman–Crippen MR) is 158 cm³/mol. The molecule has 1 aliphatic heterocycles. The molecule has 0 bridgehead atoms. The number of nitrogens with zero attached hydrogens (tertiary/aromatic N) is 5. The van der Waals surface area contributed by atoms with Crippen molar-refractivity contribution in [3.8, 4) is 11.1 Å². The van der Waals surface area contributed by atoms with Crippen molar-refractivity contribution in [2.75, 3.05) is 18.5 Å². The van der Waals surface area contributed by atoms with Crippen molar-refractivity contribution in [2.45, 2.75) is 58.2 Å². The number of fused-ring (bicyclic) bond motifs is 2. The average molecular weight is 587 g/mol. The van der Waals surface area contributed by atoms with Crippen molar-refractivity contribution in [1.29, 1.82) is 0 Å². The van der Waals surface area contributed by atoms with E-state index in [0.717, 1.165) is 0 Å². The van der Waals surface area contributed by atoms with Crippen molar-refractivity contribution in [1.82, 2.24) is 24.6 Å². The highest BCUT2D eigenvalue weighted by atomic mass is 16.5. The maximum Gasteiger partial charge on any atom is 0.326 e. The van der Waals surface area contributed by atoms with Crippen LogP contribution in [0.3, 0.4) is 0 Å². The van der Waals surface area contributed by atoms with Crippen molar-refractivity contribution < 1.29 is 29.0 Å². The molecule has 1 aromatic carbocycles. The first-order valence-corrected chi connectivity index (χ1v) is 14.1. The molecule has 2 fully saturated rings. The lowest BCUT2D eigenvalue weighted by Crippen LogP contribution is -2.44. The van der Waals surface area contributed by atoms with E-state index < -0.39 is 23.3 Å². The highest BCUT2D eigenvalue weighted by Crippen LogP contribution is 2.59. The lowest BCUT2D eigenvalue weighted by Gasteiger charge is -2.24. The maximum absolute atomic E-state index is 13.8. The van der Waals surface area contributed by atoms with Crippen LogP contribution in [0, 0.1) is 12.3 Å². The average Bonchev–Trinajstić information content (AvgIpc) is 3.37. The first-order chi connectivity index (χ1) is 20.6. The van der Waals surface area contributed by atoms with Crippen molar-refractivity contribution in [3.63, 3.8) is 0 Å². The third kappa shape index (κ3) is 5.82. The fourth-order valence-corrected chi connectivity index (χ4v) is 5.90. The molecule has 1 aliphatic carbocycles. The summed E-state index contributed by atoms with van der Waals surface area (Å²) in [5, 5.41) is 17.8. The number of rotatable bonds is 13. The van der Waals surface area contributed by atoms with E-state index in [1.807, 2.05) is 0 Å². The Balaban J connectivity index is 1.55. The zero-order chi connectivity index (χ0) is 30.9. The number of ketones is 1. The van der Waals surface area contributed by atoms with Crippen LogP contribution in [0.1, 0.15) is 48.9 Å². The first kappa shape index (κ1) is 29.8. The van der Waals surface area contributed by atoms with Gasteiger partial charge in [-0.2, -0.15) is 5.10 Å². The Labute approximate surface area is 248 Å². The number of carboxylic acid groups (broad SMARTS) is 1. The van der Waals surface area contributed by atoms with Gasteiger partial charge in [-0.3, -0.25) is 19.1 Å². The molecule has 3 heterocycles. The molecular weight excluding hydrogens is 552 g/mol. The highest BCUT2D eigenvalue weighted by molar-refractivity contribution is 6.11. The number of piperidine rings is 1. The van der Waals surface area contributed by atoms with Crippen LogP contribution in [0.15, 0.2) is 49.8 Å². The van der Waals surface area contributed by atoms with Gasteiger partial charge in [-0.05, 0) is 43.9 Å². The Bertz CT molecular complexity index is 1630. The Hall–Kier alpha value is -4.71. The summed E-state index contributed by atoms with van der Waals surface area (Å²) in [6, 6.07) is 2.21. The monoisotopic (exact) mass is 586 g/mol. The highest BCUT2D eigenvalue weighted by Gasteiger charge is 2.67. The summed E-state index contributed by atoms with van der Waals surface area (Å²) in [5.41, 5.74) is 1.75. The molecule has 5 rings (SSSR count). The number of likely N-dealkylation sites (tertiary alicyclic amines) is 1. The topological polar surface area (TPSA) is 157 Å². The predicted octanol–water partition coefficient (Wildman–Crippen LogP) is 3.56. The summed E-state index contributed by atoms with van der Waals surface area (Å²) >= 11 is 0. The van der Waals surface area contributed by atoms with Crippen molar-refractivity contribution in [2.24, 2.45) is 5.41 Å². The number of carbonyl (C=O) groups is 4. The molecule has 2 aromatic heterocycles. The smallest absolute Gasteiger partial charge is 0.326 e. The van der Waals surface area contributed by atoms with Gasteiger partial charge in [0.05, 0.1) is 24.4 Å². The van der Waals surface area contributed by atoms with E-state index in [1.165, 1.54) is 16.5 Å². The minimum atomic E-state index is -1.08. The number of amides is 2. The van der Waals surface area contributed by atoms with E-state index in [9.17, 15) is 24.3 Å². The van der Waals surface area contributed by atoms with Crippen LogP contribution in [0.2, 0.25) is 0 Å². The van der Waals surface area contributed by atoms with Gasteiger partial charge in [0.15, 0.2) is 5.78 Å². The number of allylic oxidation sites excluding steroid dienone is 1. The molecule has 1 saturated carbocycles. The number of hydrogen-bond acceptors (Lipinski definition) is 8. The van der Waals surface area contributed by atoms with Crippen LogP contribution in [-0.2, 0) is 25.7 Å². The van der Waals surface area contributed by atoms with Crippen LogP contribution in [0.5, 0.6) is 0 Å². The molecule has 0 radical (unpaired) electrons. The number of nitrogens with one attached hydrogen (secondary N) is 1. The second-order valence-electron chi connectivity index (χ2n) is 11.1. The largest absolute Gasteiger partial charge is 0.480 e. The van der Waals surface area contributed by atoms with Gasteiger partial charge >= 0.3 is 5.97 Å². The molecule has 2 aliphatic rings. The number of anilines is 1. The number of Topliss-reactive ketones (excluding diaryl/α,β-unsaturated/α-hetero) is 1. The number of carbonyl (C=O) groups excluding carboxylic acids is 3.